The molecule has 1 aliphatic heterocycles. The van der Waals surface area contributed by atoms with Gasteiger partial charge in [0.15, 0.2) is 0 Å². The number of carbonyl (C=O) groups excluding carboxylic acids is 1. The van der Waals surface area contributed by atoms with E-state index in [-0.39, 0.29) is 23.7 Å². The molecule has 0 saturated carbocycles. The van der Waals surface area contributed by atoms with E-state index in [2.05, 4.69) is 5.32 Å². The van der Waals surface area contributed by atoms with Crippen molar-refractivity contribution in [3.63, 3.8) is 0 Å². The highest BCUT2D eigenvalue weighted by molar-refractivity contribution is 5.93. The van der Waals surface area contributed by atoms with E-state index in [0.29, 0.717) is 0 Å². The predicted molar refractivity (Wildman–Crippen MR) is 93.1 cm³/mol. The fourth-order valence-electron chi connectivity index (χ4n) is 3.31. The third-order valence-corrected chi connectivity index (χ3v) is 4.35. The van der Waals surface area contributed by atoms with Crippen molar-refractivity contribution >= 4 is 23.0 Å². The molecule has 0 saturated heterocycles. The van der Waals surface area contributed by atoms with E-state index in [0.717, 1.165) is 23.4 Å². The standard InChI is InChI=1S/C18H19N3O3/c1-12-11-17(19-14-7-9-15(10-8-14)21(23)24)16-5-3-4-6-18(16)20(12)13(2)22/h3-10,12,17,19H,11H2,1-2H3/t12-,17+/m1/s1. The van der Waals surface area contributed by atoms with Crippen LogP contribution in [0.3, 0.4) is 0 Å². The highest BCUT2D eigenvalue weighted by atomic mass is 16.6. The number of nitro groups is 1. The Balaban J connectivity index is 1.90. The molecule has 0 unspecified atom stereocenters. The fourth-order valence-corrected chi connectivity index (χ4v) is 3.31. The molecule has 0 aliphatic carbocycles. The molecule has 2 atom stereocenters. The van der Waals surface area contributed by atoms with E-state index in [1.54, 1.807) is 19.1 Å². The minimum Gasteiger partial charge on any atom is -0.378 e. The molecule has 6 nitrogen and oxygen atoms in total. The zero-order valence-corrected chi connectivity index (χ0v) is 13.6. The smallest absolute Gasteiger partial charge is 0.269 e. The first-order valence-electron chi connectivity index (χ1n) is 7.87. The van der Waals surface area contributed by atoms with Gasteiger partial charge < -0.3 is 10.2 Å². The summed E-state index contributed by atoms with van der Waals surface area (Å²) in [5.74, 6) is 0.0312. The number of hydrogen-bond donors (Lipinski definition) is 1. The second kappa shape index (κ2) is 6.31. The van der Waals surface area contributed by atoms with Crippen LogP contribution in [0.4, 0.5) is 17.1 Å². The first-order valence-corrected chi connectivity index (χ1v) is 7.87. The molecule has 1 N–H and O–H groups in total. The Kier molecular flexibility index (Phi) is 4.20. The number of benzene rings is 2. The van der Waals surface area contributed by atoms with Crippen molar-refractivity contribution < 1.29 is 9.72 Å². The summed E-state index contributed by atoms with van der Waals surface area (Å²) in [6.07, 6.45) is 0.771. The molecule has 24 heavy (non-hydrogen) atoms. The van der Waals surface area contributed by atoms with Gasteiger partial charge in [0.05, 0.1) is 11.0 Å². The van der Waals surface area contributed by atoms with Crippen LogP contribution in [-0.4, -0.2) is 16.9 Å². The molecule has 0 bridgehead atoms. The van der Waals surface area contributed by atoms with Crippen molar-refractivity contribution in [2.24, 2.45) is 0 Å². The molecule has 3 rings (SSSR count). The van der Waals surface area contributed by atoms with Crippen LogP contribution in [0, 0.1) is 10.1 Å². The van der Waals surface area contributed by atoms with Gasteiger partial charge >= 0.3 is 0 Å². The quantitative estimate of drug-likeness (QED) is 0.686. The molecule has 1 heterocycles. The lowest BCUT2D eigenvalue weighted by atomic mass is 9.91. The molecule has 0 spiro atoms. The summed E-state index contributed by atoms with van der Waals surface area (Å²) in [7, 11) is 0. The zero-order chi connectivity index (χ0) is 17.3. The lowest BCUT2D eigenvalue weighted by Gasteiger charge is -2.39. The van der Waals surface area contributed by atoms with Gasteiger partial charge in [-0.15, -0.1) is 0 Å². The minimum atomic E-state index is -0.410. The zero-order valence-electron chi connectivity index (χ0n) is 13.6. The normalized spacial score (nSPS) is 19.5. The van der Waals surface area contributed by atoms with Gasteiger partial charge in [-0.05, 0) is 37.1 Å². The van der Waals surface area contributed by atoms with Gasteiger partial charge in [0, 0.05) is 36.5 Å². The molecular formula is C18H19N3O3. The van der Waals surface area contributed by atoms with Gasteiger partial charge in [0.25, 0.3) is 5.69 Å². The van der Waals surface area contributed by atoms with Gasteiger partial charge in [-0.2, -0.15) is 0 Å². The molecule has 124 valence electrons. The summed E-state index contributed by atoms with van der Waals surface area (Å²) in [5.41, 5.74) is 2.87. The molecule has 0 fully saturated rings. The van der Waals surface area contributed by atoms with Crippen molar-refractivity contribution in [1.29, 1.82) is 0 Å². The van der Waals surface area contributed by atoms with Crippen LogP contribution in [0.25, 0.3) is 0 Å². The summed E-state index contributed by atoms with van der Waals surface area (Å²) >= 11 is 0. The average molecular weight is 325 g/mol. The molecular weight excluding hydrogens is 306 g/mol. The number of nitro benzene ring substituents is 1. The molecule has 0 radical (unpaired) electrons. The number of fused-ring (bicyclic) bond motifs is 1. The summed E-state index contributed by atoms with van der Waals surface area (Å²) in [6, 6.07) is 14.4. The maximum atomic E-state index is 12.0. The van der Waals surface area contributed by atoms with Gasteiger partial charge in [0.2, 0.25) is 5.91 Å². The van der Waals surface area contributed by atoms with E-state index >= 15 is 0 Å². The summed E-state index contributed by atoms with van der Waals surface area (Å²) in [6.45, 7) is 3.61. The van der Waals surface area contributed by atoms with Gasteiger partial charge in [-0.1, -0.05) is 18.2 Å². The number of non-ortho nitro benzene ring substituents is 1. The van der Waals surface area contributed by atoms with Crippen molar-refractivity contribution in [3.8, 4) is 0 Å². The number of hydrogen-bond acceptors (Lipinski definition) is 4. The molecule has 1 aliphatic rings. The largest absolute Gasteiger partial charge is 0.378 e. The lowest BCUT2D eigenvalue weighted by Crippen LogP contribution is -2.43. The number of nitrogens with one attached hydrogen (secondary N) is 1. The SMILES string of the molecule is CC(=O)N1c2ccccc2[C@@H](Nc2ccc([N+](=O)[O-])cc2)C[C@H]1C. The number of nitrogens with zero attached hydrogens (tertiary/aromatic N) is 2. The first kappa shape index (κ1) is 16.0. The van der Waals surface area contributed by atoms with Crippen molar-refractivity contribution in [3.05, 3.63) is 64.2 Å². The first-order chi connectivity index (χ1) is 11.5. The maximum absolute atomic E-state index is 12.0. The van der Waals surface area contributed by atoms with Crippen LogP contribution in [0.1, 0.15) is 31.9 Å². The van der Waals surface area contributed by atoms with E-state index in [9.17, 15) is 14.9 Å². The van der Waals surface area contributed by atoms with Gasteiger partial charge in [-0.3, -0.25) is 14.9 Å². The Morgan fingerprint density at radius 1 is 1.21 bits per heavy atom. The number of anilines is 2. The Morgan fingerprint density at radius 3 is 2.50 bits per heavy atom. The highest BCUT2D eigenvalue weighted by Gasteiger charge is 2.31. The Morgan fingerprint density at radius 2 is 1.88 bits per heavy atom. The monoisotopic (exact) mass is 325 g/mol. The Labute approximate surface area is 140 Å². The second-order valence-corrected chi connectivity index (χ2v) is 6.03. The van der Waals surface area contributed by atoms with E-state index in [1.807, 2.05) is 36.1 Å². The van der Waals surface area contributed by atoms with Crippen molar-refractivity contribution in [1.82, 2.24) is 0 Å². The Bertz CT molecular complexity index is 773. The maximum Gasteiger partial charge on any atom is 0.269 e. The van der Waals surface area contributed by atoms with Gasteiger partial charge in [-0.25, -0.2) is 0 Å². The fraction of sp³-hybridized carbons (Fsp3) is 0.278. The second-order valence-electron chi connectivity index (χ2n) is 6.03. The molecule has 6 heteroatoms. The molecule has 2 aromatic rings. The topological polar surface area (TPSA) is 75.5 Å². The van der Waals surface area contributed by atoms with E-state index < -0.39 is 4.92 Å². The third-order valence-electron chi connectivity index (χ3n) is 4.35. The van der Waals surface area contributed by atoms with Crippen LogP contribution < -0.4 is 10.2 Å². The van der Waals surface area contributed by atoms with Crippen LogP contribution in [-0.2, 0) is 4.79 Å². The Hall–Kier alpha value is -2.89. The summed E-state index contributed by atoms with van der Waals surface area (Å²) in [5, 5.41) is 14.2. The third kappa shape index (κ3) is 2.95. The number of para-hydroxylation sites is 1. The van der Waals surface area contributed by atoms with Crippen LogP contribution in [0.15, 0.2) is 48.5 Å². The average Bonchev–Trinajstić information content (AvgIpc) is 2.55. The van der Waals surface area contributed by atoms with E-state index in [1.165, 1.54) is 12.1 Å². The lowest BCUT2D eigenvalue weighted by molar-refractivity contribution is -0.384. The van der Waals surface area contributed by atoms with Crippen LogP contribution >= 0.6 is 0 Å². The predicted octanol–water partition coefficient (Wildman–Crippen LogP) is 3.89. The van der Waals surface area contributed by atoms with Crippen LogP contribution in [0.2, 0.25) is 0 Å². The number of rotatable bonds is 3. The van der Waals surface area contributed by atoms with Crippen LogP contribution in [0.5, 0.6) is 0 Å². The molecule has 1 amide bonds. The highest BCUT2D eigenvalue weighted by Crippen LogP contribution is 2.38. The molecule has 2 aromatic carbocycles. The molecule has 0 aromatic heterocycles. The summed E-state index contributed by atoms with van der Waals surface area (Å²) in [4.78, 5) is 24.1. The van der Waals surface area contributed by atoms with E-state index in [4.69, 9.17) is 0 Å². The van der Waals surface area contributed by atoms with Crippen molar-refractivity contribution in [2.45, 2.75) is 32.4 Å². The number of carbonyl (C=O) groups is 1. The number of amides is 1. The van der Waals surface area contributed by atoms with Crippen molar-refractivity contribution in [2.75, 3.05) is 10.2 Å². The summed E-state index contributed by atoms with van der Waals surface area (Å²) < 4.78 is 0. The minimum absolute atomic E-state index is 0.0312. The van der Waals surface area contributed by atoms with Gasteiger partial charge in [0.1, 0.15) is 0 Å².